The second kappa shape index (κ2) is 7.19. The first kappa shape index (κ1) is 14.7. The molecule has 2 heteroatoms. The summed E-state index contributed by atoms with van der Waals surface area (Å²) in [5.41, 5.74) is 1.23. The van der Waals surface area contributed by atoms with Crippen molar-refractivity contribution in [3.05, 3.63) is 29.8 Å². The van der Waals surface area contributed by atoms with Gasteiger partial charge >= 0.3 is 0 Å². The third-order valence-corrected chi connectivity index (χ3v) is 4.31. The Morgan fingerprint density at radius 1 is 1.11 bits per heavy atom. The molecule has 1 aromatic rings. The average Bonchev–Trinajstić information content (AvgIpc) is 2.40. The minimum Gasteiger partial charge on any atom is -0.491 e. The van der Waals surface area contributed by atoms with Gasteiger partial charge in [-0.05, 0) is 43.9 Å². The quantitative estimate of drug-likeness (QED) is 0.626. The Hall–Kier alpha value is -0.690. The highest BCUT2D eigenvalue weighted by molar-refractivity contribution is 6.20. The molecule has 1 aromatic carbocycles. The number of hydrogen-bond acceptors (Lipinski definition) is 1. The minimum absolute atomic E-state index is 0.149. The Bertz CT molecular complexity index is 365. The molecule has 1 aliphatic rings. The molecule has 0 amide bonds. The fourth-order valence-corrected chi connectivity index (χ4v) is 3.28. The fraction of sp³-hybridized carbons (Fsp3) is 0.647. The predicted octanol–water partition coefficient (Wildman–Crippen LogP) is 5.72. The van der Waals surface area contributed by atoms with E-state index in [0.717, 1.165) is 18.1 Å². The predicted molar refractivity (Wildman–Crippen MR) is 82.0 cm³/mol. The van der Waals surface area contributed by atoms with Gasteiger partial charge in [-0.1, -0.05) is 44.2 Å². The van der Waals surface area contributed by atoms with Crippen LogP contribution >= 0.6 is 11.6 Å². The van der Waals surface area contributed by atoms with Gasteiger partial charge in [-0.2, -0.15) is 0 Å². The van der Waals surface area contributed by atoms with E-state index in [9.17, 15) is 0 Å². The smallest absolute Gasteiger partial charge is 0.119 e. The zero-order chi connectivity index (χ0) is 13.7. The van der Waals surface area contributed by atoms with E-state index in [1.54, 1.807) is 0 Å². The maximum absolute atomic E-state index is 6.56. The second-order valence-electron chi connectivity index (χ2n) is 5.94. The zero-order valence-corrected chi connectivity index (χ0v) is 12.8. The number of rotatable bonds is 5. The summed E-state index contributed by atoms with van der Waals surface area (Å²) >= 11 is 6.56. The van der Waals surface area contributed by atoms with Gasteiger partial charge in [0.15, 0.2) is 0 Å². The summed E-state index contributed by atoms with van der Waals surface area (Å²) in [4.78, 5) is 0. The van der Waals surface area contributed by atoms with Crippen molar-refractivity contribution < 1.29 is 4.74 Å². The molecule has 1 atom stereocenters. The summed E-state index contributed by atoms with van der Waals surface area (Å²) in [5, 5.41) is 0.149. The molecule has 0 N–H and O–H groups in total. The van der Waals surface area contributed by atoms with Crippen LogP contribution in [0.15, 0.2) is 24.3 Å². The van der Waals surface area contributed by atoms with Gasteiger partial charge in [0.1, 0.15) is 5.75 Å². The lowest BCUT2D eigenvalue weighted by atomic mass is 9.85. The van der Waals surface area contributed by atoms with E-state index >= 15 is 0 Å². The van der Waals surface area contributed by atoms with E-state index in [-0.39, 0.29) is 11.5 Å². The molecule has 1 aliphatic carbocycles. The van der Waals surface area contributed by atoms with Crippen molar-refractivity contribution >= 4 is 11.6 Å². The van der Waals surface area contributed by atoms with Crippen LogP contribution in [-0.2, 0) is 0 Å². The number of alkyl halides is 1. The topological polar surface area (TPSA) is 9.23 Å². The Balaban J connectivity index is 1.89. The van der Waals surface area contributed by atoms with Crippen LogP contribution in [0, 0.1) is 5.92 Å². The van der Waals surface area contributed by atoms with Crippen LogP contribution in [0.1, 0.15) is 63.3 Å². The van der Waals surface area contributed by atoms with Crippen LogP contribution in [-0.4, -0.2) is 6.10 Å². The summed E-state index contributed by atoms with van der Waals surface area (Å²) < 4.78 is 5.66. The number of ether oxygens (including phenoxy) is 1. The van der Waals surface area contributed by atoms with Crippen LogP contribution in [0.25, 0.3) is 0 Å². The van der Waals surface area contributed by atoms with Crippen LogP contribution in [0.2, 0.25) is 0 Å². The molecule has 0 bridgehead atoms. The van der Waals surface area contributed by atoms with Crippen molar-refractivity contribution in [2.75, 3.05) is 0 Å². The van der Waals surface area contributed by atoms with Gasteiger partial charge in [-0.3, -0.25) is 0 Å². The maximum atomic E-state index is 6.56. The van der Waals surface area contributed by atoms with Crippen molar-refractivity contribution in [3.8, 4) is 5.75 Å². The Kier molecular flexibility index (Phi) is 5.57. The number of hydrogen-bond donors (Lipinski definition) is 0. The van der Waals surface area contributed by atoms with Crippen molar-refractivity contribution in [2.24, 2.45) is 5.92 Å². The van der Waals surface area contributed by atoms with Gasteiger partial charge in [0, 0.05) is 0 Å². The third kappa shape index (κ3) is 4.72. The molecule has 106 valence electrons. The highest BCUT2D eigenvalue weighted by atomic mass is 35.5. The average molecular weight is 281 g/mol. The van der Waals surface area contributed by atoms with E-state index in [2.05, 4.69) is 12.1 Å². The first-order valence-corrected chi connectivity index (χ1v) is 7.99. The molecule has 1 nitrogen and oxygen atoms in total. The maximum Gasteiger partial charge on any atom is 0.119 e. The summed E-state index contributed by atoms with van der Waals surface area (Å²) in [6, 6.07) is 8.29. The largest absolute Gasteiger partial charge is 0.491 e. The van der Waals surface area contributed by atoms with Gasteiger partial charge in [0.05, 0.1) is 11.5 Å². The molecule has 0 aliphatic heterocycles. The first-order chi connectivity index (χ1) is 9.15. The molecule has 0 radical (unpaired) electrons. The van der Waals surface area contributed by atoms with Gasteiger partial charge < -0.3 is 4.74 Å². The summed E-state index contributed by atoms with van der Waals surface area (Å²) in [5.74, 6) is 1.75. The van der Waals surface area contributed by atoms with Gasteiger partial charge in [0.25, 0.3) is 0 Å². The summed E-state index contributed by atoms with van der Waals surface area (Å²) in [6.45, 7) is 4.09. The monoisotopic (exact) mass is 280 g/mol. The normalized spacial score (nSPS) is 18.5. The molecule has 0 spiro atoms. The highest BCUT2D eigenvalue weighted by Gasteiger charge is 2.18. The molecular weight excluding hydrogens is 256 g/mol. The van der Waals surface area contributed by atoms with Crippen LogP contribution in [0.4, 0.5) is 0 Å². The number of halogens is 1. The minimum atomic E-state index is 0.149. The Morgan fingerprint density at radius 3 is 2.32 bits per heavy atom. The fourth-order valence-electron chi connectivity index (χ4n) is 2.88. The lowest BCUT2D eigenvalue weighted by molar-refractivity contribution is 0.242. The molecule has 0 saturated heterocycles. The first-order valence-electron chi connectivity index (χ1n) is 7.56. The number of benzene rings is 1. The van der Waals surface area contributed by atoms with E-state index in [1.165, 1.54) is 37.7 Å². The standard InChI is InChI=1S/C17H25ClO/c1-13(2)19-16-10-8-15(9-11-16)17(18)12-14-6-4-3-5-7-14/h8-11,13-14,17H,3-7,12H2,1-2H3. The Morgan fingerprint density at radius 2 is 1.74 bits per heavy atom. The molecule has 19 heavy (non-hydrogen) atoms. The lowest BCUT2D eigenvalue weighted by Gasteiger charge is -2.24. The molecule has 0 heterocycles. The van der Waals surface area contributed by atoms with E-state index in [0.29, 0.717) is 0 Å². The molecular formula is C17H25ClO. The molecule has 2 rings (SSSR count). The van der Waals surface area contributed by atoms with E-state index in [1.807, 2.05) is 26.0 Å². The Labute approximate surface area is 122 Å². The third-order valence-electron chi connectivity index (χ3n) is 3.88. The summed E-state index contributed by atoms with van der Waals surface area (Å²) in [6.07, 6.45) is 8.23. The van der Waals surface area contributed by atoms with E-state index < -0.39 is 0 Å². The lowest BCUT2D eigenvalue weighted by Crippen LogP contribution is -2.09. The zero-order valence-electron chi connectivity index (χ0n) is 12.1. The van der Waals surface area contributed by atoms with Gasteiger partial charge in [-0.25, -0.2) is 0 Å². The van der Waals surface area contributed by atoms with Crippen LogP contribution in [0.3, 0.4) is 0 Å². The molecule has 1 fully saturated rings. The van der Waals surface area contributed by atoms with Crippen molar-refractivity contribution in [1.29, 1.82) is 0 Å². The van der Waals surface area contributed by atoms with Gasteiger partial charge in [-0.15, -0.1) is 11.6 Å². The van der Waals surface area contributed by atoms with Gasteiger partial charge in [0.2, 0.25) is 0 Å². The SMILES string of the molecule is CC(C)Oc1ccc(C(Cl)CC2CCCCC2)cc1. The molecule has 0 aromatic heterocycles. The summed E-state index contributed by atoms with van der Waals surface area (Å²) in [7, 11) is 0. The molecule has 1 unspecified atom stereocenters. The van der Waals surface area contributed by atoms with E-state index in [4.69, 9.17) is 16.3 Å². The van der Waals surface area contributed by atoms with Crippen molar-refractivity contribution in [1.82, 2.24) is 0 Å². The van der Waals surface area contributed by atoms with Crippen LogP contribution in [0.5, 0.6) is 5.75 Å². The highest BCUT2D eigenvalue weighted by Crippen LogP contribution is 2.35. The van der Waals surface area contributed by atoms with Crippen molar-refractivity contribution in [3.63, 3.8) is 0 Å². The second-order valence-corrected chi connectivity index (χ2v) is 6.47. The molecule has 1 saturated carbocycles. The van der Waals surface area contributed by atoms with Crippen LogP contribution < -0.4 is 4.74 Å². The van der Waals surface area contributed by atoms with Crippen molar-refractivity contribution in [2.45, 2.75) is 63.9 Å².